The van der Waals surface area contributed by atoms with Crippen molar-refractivity contribution < 1.29 is 0 Å². The van der Waals surface area contributed by atoms with Crippen LogP contribution in [0.4, 0.5) is 0 Å². The van der Waals surface area contributed by atoms with Crippen LogP contribution in [0.2, 0.25) is 0 Å². The van der Waals surface area contributed by atoms with Gasteiger partial charge in [0.1, 0.15) is 0 Å². The summed E-state index contributed by atoms with van der Waals surface area (Å²) < 4.78 is 0. The largest absolute Gasteiger partial charge is 0.106 e. The highest BCUT2D eigenvalue weighted by Gasteiger charge is 2.66. The zero-order valence-corrected chi connectivity index (χ0v) is 16.7. The normalized spacial score (nSPS) is 58.1. The Balaban J connectivity index is 1.47. The summed E-state index contributed by atoms with van der Waals surface area (Å²) in [4.78, 5) is 0. The van der Waals surface area contributed by atoms with Crippen LogP contribution in [0.15, 0.2) is 0 Å². The Morgan fingerprint density at radius 1 is 0.538 bits per heavy atom. The van der Waals surface area contributed by atoms with Crippen molar-refractivity contribution in [3.05, 3.63) is 0 Å². The molecule has 0 aromatic heterocycles. The van der Waals surface area contributed by atoms with E-state index in [-0.39, 0.29) is 0 Å². The summed E-state index contributed by atoms with van der Waals surface area (Å²) in [5.41, 5.74) is 0.734. The first-order valence-electron chi connectivity index (χ1n) is 11.5. The van der Waals surface area contributed by atoms with E-state index in [1.54, 1.807) is 0 Å². The molecule has 0 radical (unpaired) electrons. The molecule has 8 rings (SSSR count). The maximum Gasteiger partial charge on any atom is 0.0353 e. The molecule has 0 heterocycles. The highest BCUT2D eigenvalue weighted by atomic mass is 14.7. The highest BCUT2D eigenvalue weighted by molar-refractivity contribution is 5.28. The van der Waals surface area contributed by atoms with Crippen LogP contribution in [-0.2, 0) is 0 Å². The molecule has 0 N–H and O–H groups in total. The van der Waals surface area contributed by atoms with Gasteiger partial charge in [-0.2, -0.15) is 0 Å². The third-order valence-electron chi connectivity index (χ3n) is 9.92. The summed E-state index contributed by atoms with van der Waals surface area (Å²) >= 11 is 0. The van der Waals surface area contributed by atoms with Crippen LogP contribution in [0.3, 0.4) is 0 Å². The topological polar surface area (TPSA) is 0 Å². The van der Waals surface area contributed by atoms with E-state index in [0.717, 1.165) is 47.3 Å². The van der Waals surface area contributed by atoms with Crippen molar-refractivity contribution in [1.82, 2.24) is 0 Å². The molecule has 6 unspecified atom stereocenters. The number of fused-ring (bicyclic) bond motifs is 1. The van der Waals surface area contributed by atoms with Crippen molar-refractivity contribution in [2.45, 2.75) is 78.1 Å². The molecule has 0 heteroatoms. The summed E-state index contributed by atoms with van der Waals surface area (Å²) in [6.45, 7) is 4.21. The first kappa shape index (κ1) is 16.1. The van der Waals surface area contributed by atoms with Gasteiger partial charge in [0, 0.05) is 10.8 Å². The van der Waals surface area contributed by atoms with Crippen molar-refractivity contribution in [2.75, 3.05) is 0 Å². The Labute approximate surface area is 160 Å². The molecule has 26 heavy (non-hydrogen) atoms. The van der Waals surface area contributed by atoms with Gasteiger partial charge in [0.05, 0.1) is 0 Å². The Kier molecular flexibility index (Phi) is 3.31. The smallest absolute Gasteiger partial charge is 0.0353 e. The van der Waals surface area contributed by atoms with Crippen LogP contribution in [0, 0.1) is 81.9 Å². The van der Waals surface area contributed by atoms with Gasteiger partial charge in [0.15, 0.2) is 0 Å². The number of hydrogen-bond acceptors (Lipinski definition) is 0. The molecule has 138 valence electrons. The monoisotopic (exact) mass is 346 g/mol. The van der Waals surface area contributed by atoms with Gasteiger partial charge in [0.2, 0.25) is 0 Å². The van der Waals surface area contributed by atoms with E-state index >= 15 is 0 Å². The molecule has 8 bridgehead atoms. The molecule has 0 saturated heterocycles. The SMILES string of the molecule is CC#CC12CC3CC(CC(C3)C1C1C3CC4CC(C3)CC1(C#CC)C4)C2. The molecule has 0 amide bonds. The lowest BCUT2D eigenvalue weighted by Crippen LogP contribution is -2.62. The van der Waals surface area contributed by atoms with E-state index in [4.69, 9.17) is 0 Å². The summed E-state index contributed by atoms with van der Waals surface area (Å²) in [7, 11) is 0. The molecular formula is C26H34. The van der Waals surface area contributed by atoms with E-state index < -0.39 is 0 Å². The number of hydrogen-bond donors (Lipinski definition) is 0. The minimum absolute atomic E-state index is 0.367. The van der Waals surface area contributed by atoms with Crippen LogP contribution in [0.1, 0.15) is 78.1 Å². The standard InChI is InChI=1S/C26H34/c1-3-5-25-13-17-7-18(14-25)10-21(9-17)23(25)24-22-11-19-8-20(12-22)16-26(24,15-19)6-4-2/h17-24H,7-16H2,1-2H3. The third-order valence-corrected chi connectivity index (χ3v) is 9.92. The molecule has 8 saturated carbocycles. The molecular weight excluding hydrogens is 312 g/mol. The Bertz CT molecular complexity index is 643. The lowest BCUT2D eigenvalue weighted by molar-refractivity contribution is -0.179. The average Bonchev–Trinajstić information content (AvgIpc) is 2.56. The minimum atomic E-state index is 0.367. The van der Waals surface area contributed by atoms with E-state index in [1.807, 2.05) is 0 Å². The maximum atomic E-state index is 3.91. The molecule has 8 fully saturated rings. The molecule has 0 aromatic rings. The Hall–Kier alpha value is -0.880. The van der Waals surface area contributed by atoms with Crippen molar-refractivity contribution in [3.8, 4) is 23.7 Å². The van der Waals surface area contributed by atoms with Gasteiger partial charge in [0.25, 0.3) is 0 Å². The van der Waals surface area contributed by atoms with Crippen LogP contribution in [0.5, 0.6) is 0 Å². The molecule has 6 atom stereocenters. The highest BCUT2D eigenvalue weighted by Crippen LogP contribution is 2.72. The van der Waals surface area contributed by atoms with E-state index in [2.05, 4.69) is 37.5 Å². The van der Waals surface area contributed by atoms with Gasteiger partial charge in [-0.25, -0.2) is 0 Å². The van der Waals surface area contributed by atoms with Crippen molar-refractivity contribution >= 4 is 0 Å². The maximum absolute atomic E-state index is 3.91. The molecule has 0 spiro atoms. The first-order chi connectivity index (χ1) is 12.6. The first-order valence-corrected chi connectivity index (χ1v) is 11.5. The number of rotatable bonds is 1. The second kappa shape index (κ2) is 5.34. The van der Waals surface area contributed by atoms with Gasteiger partial charge in [-0.1, -0.05) is 11.8 Å². The van der Waals surface area contributed by atoms with Gasteiger partial charge >= 0.3 is 0 Å². The quantitative estimate of drug-likeness (QED) is 0.517. The fourth-order valence-corrected chi connectivity index (χ4v) is 10.3. The zero-order valence-electron chi connectivity index (χ0n) is 16.7. The second-order valence-corrected chi connectivity index (χ2v) is 11.3. The van der Waals surface area contributed by atoms with Crippen LogP contribution >= 0.6 is 0 Å². The minimum Gasteiger partial charge on any atom is -0.106 e. The van der Waals surface area contributed by atoms with E-state index in [1.165, 1.54) is 64.2 Å². The summed E-state index contributed by atoms with van der Waals surface area (Å²) in [5.74, 6) is 22.4. The van der Waals surface area contributed by atoms with Crippen LogP contribution < -0.4 is 0 Å². The second-order valence-electron chi connectivity index (χ2n) is 11.3. The lowest BCUT2D eigenvalue weighted by Gasteiger charge is -2.68. The van der Waals surface area contributed by atoms with Crippen LogP contribution in [-0.4, -0.2) is 0 Å². The van der Waals surface area contributed by atoms with Crippen molar-refractivity contribution in [1.29, 1.82) is 0 Å². The van der Waals surface area contributed by atoms with Crippen molar-refractivity contribution in [3.63, 3.8) is 0 Å². The molecule has 0 aromatic carbocycles. The van der Waals surface area contributed by atoms with E-state index in [9.17, 15) is 0 Å². The summed E-state index contributed by atoms with van der Waals surface area (Å²) in [5, 5.41) is 0. The average molecular weight is 347 g/mol. The fourth-order valence-electron chi connectivity index (χ4n) is 10.3. The van der Waals surface area contributed by atoms with Crippen molar-refractivity contribution in [2.24, 2.45) is 58.2 Å². The zero-order chi connectivity index (χ0) is 17.5. The van der Waals surface area contributed by atoms with Crippen LogP contribution in [0.25, 0.3) is 0 Å². The van der Waals surface area contributed by atoms with Gasteiger partial charge in [-0.3, -0.25) is 0 Å². The molecule has 0 nitrogen and oxygen atoms in total. The summed E-state index contributed by atoms with van der Waals surface area (Å²) in [6, 6.07) is 0. The Morgan fingerprint density at radius 3 is 1.19 bits per heavy atom. The third kappa shape index (κ3) is 2.00. The summed E-state index contributed by atoms with van der Waals surface area (Å²) in [6.07, 6.45) is 14.9. The fraction of sp³-hybridized carbons (Fsp3) is 0.846. The molecule has 8 aliphatic rings. The predicted molar refractivity (Wildman–Crippen MR) is 106 cm³/mol. The van der Waals surface area contributed by atoms with E-state index in [0.29, 0.717) is 10.8 Å². The van der Waals surface area contributed by atoms with Gasteiger partial charge in [-0.05, 0) is 125 Å². The predicted octanol–water partition coefficient (Wildman–Crippen LogP) is 5.92. The lowest BCUT2D eigenvalue weighted by atomic mass is 9.35. The molecule has 8 aliphatic carbocycles. The molecule has 0 aliphatic heterocycles. The van der Waals surface area contributed by atoms with Gasteiger partial charge in [-0.15, -0.1) is 11.8 Å². The van der Waals surface area contributed by atoms with Gasteiger partial charge < -0.3 is 0 Å². The Morgan fingerprint density at radius 2 is 0.885 bits per heavy atom.